The molecule has 0 aliphatic heterocycles. The summed E-state index contributed by atoms with van der Waals surface area (Å²) in [6, 6.07) is 16.9. The van der Waals surface area contributed by atoms with Crippen molar-refractivity contribution in [3.63, 3.8) is 0 Å². The Labute approximate surface area is 170 Å². The van der Waals surface area contributed by atoms with Crippen molar-refractivity contribution >= 4 is 5.91 Å². The molecule has 0 bridgehead atoms. The Morgan fingerprint density at radius 1 is 0.966 bits per heavy atom. The molecule has 150 valence electrons. The van der Waals surface area contributed by atoms with Gasteiger partial charge in [0.05, 0.1) is 12.2 Å². The van der Waals surface area contributed by atoms with E-state index in [0.29, 0.717) is 18.8 Å². The maximum atomic E-state index is 12.2. The summed E-state index contributed by atoms with van der Waals surface area (Å²) in [5.74, 6) is 0.491. The second kappa shape index (κ2) is 9.19. The maximum absolute atomic E-state index is 12.2. The number of nitrogens with one attached hydrogen (secondary N) is 1. The van der Waals surface area contributed by atoms with E-state index in [-0.39, 0.29) is 18.0 Å². The zero-order chi connectivity index (χ0) is 20.8. The Bertz CT molecular complexity index is 1040. The van der Waals surface area contributed by atoms with Crippen LogP contribution in [0.3, 0.4) is 0 Å². The summed E-state index contributed by atoms with van der Waals surface area (Å²) >= 11 is 0. The summed E-state index contributed by atoms with van der Waals surface area (Å²) in [5, 5.41) is 7.08. The quantitative estimate of drug-likeness (QED) is 0.629. The first-order chi connectivity index (χ1) is 13.9. The standard InChI is InChI=1S/C23H25N3O3/c1-16-4-6-19(7-5-16)21-8-9-23(28)26(25-21)15-22(27)24-10-11-29-20-13-17(2)12-18(3)14-20/h4-9,12-14H,10-11,15H2,1-3H3,(H,24,27). The first-order valence-corrected chi connectivity index (χ1v) is 9.54. The minimum atomic E-state index is -0.317. The fraction of sp³-hybridized carbons (Fsp3) is 0.261. The van der Waals surface area contributed by atoms with Crippen LogP contribution in [0, 0.1) is 20.8 Å². The fourth-order valence-electron chi connectivity index (χ4n) is 3.01. The van der Waals surface area contributed by atoms with E-state index in [1.54, 1.807) is 6.07 Å². The summed E-state index contributed by atoms with van der Waals surface area (Å²) in [4.78, 5) is 24.3. The Balaban J connectivity index is 1.55. The molecule has 1 aromatic heterocycles. The molecule has 0 radical (unpaired) electrons. The third-order valence-corrected chi connectivity index (χ3v) is 4.40. The SMILES string of the molecule is Cc1ccc(-c2ccc(=O)n(CC(=O)NCCOc3cc(C)cc(C)c3)n2)cc1. The summed E-state index contributed by atoms with van der Waals surface area (Å²) in [6.45, 7) is 6.58. The zero-order valence-corrected chi connectivity index (χ0v) is 16.9. The number of hydrogen-bond donors (Lipinski definition) is 1. The lowest BCUT2D eigenvalue weighted by molar-refractivity contribution is -0.122. The minimum absolute atomic E-state index is 0.137. The minimum Gasteiger partial charge on any atom is -0.492 e. The van der Waals surface area contributed by atoms with Gasteiger partial charge in [-0.25, -0.2) is 4.68 Å². The topological polar surface area (TPSA) is 73.2 Å². The van der Waals surface area contributed by atoms with Gasteiger partial charge in [-0.15, -0.1) is 0 Å². The normalized spacial score (nSPS) is 10.6. The molecule has 2 aromatic carbocycles. The van der Waals surface area contributed by atoms with E-state index < -0.39 is 0 Å². The third-order valence-electron chi connectivity index (χ3n) is 4.40. The maximum Gasteiger partial charge on any atom is 0.267 e. The largest absolute Gasteiger partial charge is 0.492 e. The van der Waals surface area contributed by atoms with Crippen molar-refractivity contribution in [1.29, 1.82) is 0 Å². The van der Waals surface area contributed by atoms with Crippen molar-refractivity contribution in [3.8, 4) is 17.0 Å². The number of carbonyl (C=O) groups excluding carboxylic acids is 1. The molecule has 0 spiro atoms. The molecule has 29 heavy (non-hydrogen) atoms. The number of nitrogens with zero attached hydrogens (tertiary/aromatic N) is 2. The van der Waals surface area contributed by atoms with Crippen LogP contribution in [-0.2, 0) is 11.3 Å². The second-order valence-electron chi connectivity index (χ2n) is 7.10. The van der Waals surface area contributed by atoms with Crippen molar-refractivity contribution in [2.75, 3.05) is 13.2 Å². The van der Waals surface area contributed by atoms with Gasteiger partial charge < -0.3 is 10.1 Å². The number of hydrogen-bond acceptors (Lipinski definition) is 4. The van der Waals surface area contributed by atoms with E-state index in [0.717, 1.165) is 28.0 Å². The third kappa shape index (κ3) is 5.78. The summed E-state index contributed by atoms with van der Waals surface area (Å²) in [7, 11) is 0. The second-order valence-corrected chi connectivity index (χ2v) is 7.10. The van der Waals surface area contributed by atoms with E-state index in [9.17, 15) is 9.59 Å². The summed E-state index contributed by atoms with van der Waals surface area (Å²) in [6.07, 6.45) is 0. The molecule has 6 nitrogen and oxygen atoms in total. The van der Waals surface area contributed by atoms with E-state index in [4.69, 9.17) is 4.74 Å². The van der Waals surface area contributed by atoms with Gasteiger partial charge in [0.15, 0.2) is 0 Å². The molecule has 0 aliphatic rings. The zero-order valence-electron chi connectivity index (χ0n) is 16.9. The predicted molar refractivity (Wildman–Crippen MR) is 113 cm³/mol. The van der Waals surface area contributed by atoms with Gasteiger partial charge in [-0.1, -0.05) is 35.9 Å². The summed E-state index contributed by atoms with van der Waals surface area (Å²) < 4.78 is 6.86. The van der Waals surface area contributed by atoms with Gasteiger partial charge in [0.1, 0.15) is 18.9 Å². The number of rotatable bonds is 7. The van der Waals surface area contributed by atoms with Crippen molar-refractivity contribution in [1.82, 2.24) is 15.1 Å². The van der Waals surface area contributed by atoms with E-state index in [1.807, 2.05) is 57.2 Å². The van der Waals surface area contributed by atoms with Crippen molar-refractivity contribution in [2.45, 2.75) is 27.3 Å². The van der Waals surface area contributed by atoms with Gasteiger partial charge in [0, 0.05) is 11.6 Å². The van der Waals surface area contributed by atoms with E-state index in [2.05, 4.69) is 16.5 Å². The Hall–Kier alpha value is -3.41. The first kappa shape index (κ1) is 20.3. The van der Waals surface area contributed by atoms with Crippen molar-refractivity contribution in [2.24, 2.45) is 0 Å². The molecule has 3 rings (SSSR count). The molecule has 0 fully saturated rings. The van der Waals surface area contributed by atoms with Crippen LogP contribution in [-0.4, -0.2) is 28.8 Å². The molecule has 0 unspecified atom stereocenters. The van der Waals surface area contributed by atoms with Gasteiger partial charge in [-0.05, 0) is 50.1 Å². The molecule has 0 aliphatic carbocycles. The molecule has 6 heteroatoms. The lowest BCUT2D eigenvalue weighted by Crippen LogP contribution is -2.35. The molecule has 3 aromatic rings. The highest BCUT2D eigenvalue weighted by Gasteiger charge is 2.08. The van der Waals surface area contributed by atoms with Crippen LogP contribution in [0.5, 0.6) is 5.75 Å². The molecule has 1 amide bonds. The summed E-state index contributed by atoms with van der Waals surface area (Å²) in [5.41, 5.74) is 4.63. The smallest absolute Gasteiger partial charge is 0.267 e. The fourth-order valence-corrected chi connectivity index (χ4v) is 3.01. The van der Waals surface area contributed by atoms with Gasteiger partial charge in [-0.2, -0.15) is 5.10 Å². The Morgan fingerprint density at radius 2 is 1.66 bits per heavy atom. The van der Waals surface area contributed by atoms with Crippen LogP contribution in [0.2, 0.25) is 0 Å². The Kier molecular flexibility index (Phi) is 6.44. The molecule has 0 saturated heterocycles. The number of benzene rings is 2. The average Bonchev–Trinajstić information content (AvgIpc) is 2.67. The highest BCUT2D eigenvalue weighted by molar-refractivity contribution is 5.75. The number of aromatic nitrogens is 2. The van der Waals surface area contributed by atoms with Crippen LogP contribution in [0.4, 0.5) is 0 Å². The van der Waals surface area contributed by atoms with Crippen molar-refractivity contribution < 1.29 is 9.53 Å². The van der Waals surface area contributed by atoms with Gasteiger partial charge in [0.25, 0.3) is 5.56 Å². The van der Waals surface area contributed by atoms with Crippen LogP contribution in [0.25, 0.3) is 11.3 Å². The van der Waals surface area contributed by atoms with Crippen LogP contribution < -0.4 is 15.6 Å². The average molecular weight is 391 g/mol. The molecular formula is C23H25N3O3. The molecular weight excluding hydrogens is 366 g/mol. The van der Waals surface area contributed by atoms with E-state index in [1.165, 1.54) is 10.7 Å². The van der Waals surface area contributed by atoms with E-state index >= 15 is 0 Å². The molecule has 1 N–H and O–H groups in total. The number of carbonyl (C=O) groups is 1. The number of aryl methyl sites for hydroxylation is 3. The van der Waals surface area contributed by atoms with Crippen LogP contribution in [0.15, 0.2) is 59.4 Å². The molecule has 0 atom stereocenters. The van der Waals surface area contributed by atoms with Gasteiger partial charge >= 0.3 is 0 Å². The number of ether oxygens (including phenoxy) is 1. The molecule has 1 heterocycles. The van der Waals surface area contributed by atoms with Gasteiger partial charge in [-0.3, -0.25) is 9.59 Å². The molecule has 0 saturated carbocycles. The number of amides is 1. The monoisotopic (exact) mass is 391 g/mol. The first-order valence-electron chi connectivity index (χ1n) is 9.54. The lowest BCUT2D eigenvalue weighted by Gasteiger charge is -2.10. The predicted octanol–water partition coefficient (Wildman–Crippen LogP) is 3.03. The highest BCUT2D eigenvalue weighted by atomic mass is 16.5. The van der Waals surface area contributed by atoms with Crippen molar-refractivity contribution in [3.05, 3.63) is 81.6 Å². The van der Waals surface area contributed by atoms with Gasteiger partial charge in [0.2, 0.25) is 5.91 Å². The Morgan fingerprint density at radius 3 is 2.34 bits per heavy atom. The lowest BCUT2D eigenvalue weighted by atomic mass is 10.1. The highest BCUT2D eigenvalue weighted by Crippen LogP contribution is 2.16. The van der Waals surface area contributed by atoms with Crippen LogP contribution in [0.1, 0.15) is 16.7 Å². The van der Waals surface area contributed by atoms with Crippen LogP contribution >= 0.6 is 0 Å².